The summed E-state index contributed by atoms with van der Waals surface area (Å²) in [6, 6.07) is 11.0. The van der Waals surface area contributed by atoms with E-state index in [0.717, 1.165) is 57.2 Å². The summed E-state index contributed by atoms with van der Waals surface area (Å²) < 4.78 is 5.42. The van der Waals surface area contributed by atoms with Crippen molar-refractivity contribution in [3.63, 3.8) is 0 Å². The summed E-state index contributed by atoms with van der Waals surface area (Å²) >= 11 is 0. The Morgan fingerprint density at radius 1 is 1.04 bits per heavy atom. The number of benzene rings is 1. The predicted molar refractivity (Wildman–Crippen MR) is 93.9 cm³/mol. The molecule has 0 aliphatic carbocycles. The van der Waals surface area contributed by atoms with Crippen LogP contribution in [0.15, 0.2) is 42.7 Å². The van der Waals surface area contributed by atoms with Crippen LogP contribution in [-0.4, -0.2) is 47.7 Å². The maximum absolute atomic E-state index is 5.42. The van der Waals surface area contributed by atoms with Gasteiger partial charge in [0.25, 0.3) is 0 Å². The first-order valence-corrected chi connectivity index (χ1v) is 8.83. The Bertz CT molecular complexity index is 657. The molecule has 0 unspecified atom stereocenters. The van der Waals surface area contributed by atoms with Crippen LogP contribution in [0.1, 0.15) is 30.3 Å². The van der Waals surface area contributed by atoms with Gasteiger partial charge in [0.2, 0.25) is 0 Å². The molecule has 0 bridgehead atoms. The summed E-state index contributed by atoms with van der Waals surface area (Å²) in [5.74, 6) is 0. The molecule has 2 aromatic rings. The first-order chi connectivity index (χ1) is 11.9. The molecule has 2 saturated heterocycles. The minimum atomic E-state index is 0.338. The number of hydrogen-bond acceptors (Lipinski definition) is 5. The maximum atomic E-state index is 5.42. The van der Waals surface area contributed by atoms with Crippen molar-refractivity contribution in [1.29, 1.82) is 0 Å². The van der Waals surface area contributed by atoms with Crippen LogP contribution in [0.4, 0.5) is 5.69 Å². The van der Waals surface area contributed by atoms with Gasteiger partial charge in [-0.15, -0.1) is 0 Å². The minimum absolute atomic E-state index is 0.338. The van der Waals surface area contributed by atoms with Crippen LogP contribution < -0.4 is 4.90 Å². The third kappa shape index (κ3) is 3.42. The van der Waals surface area contributed by atoms with Gasteiger partial charge in [0.15, 0.2) is 0 Å². The number of hydrogen-bond donors (Lipinski definition) is 0. The van der Waals surface area contributed by atoms with Gasteiger partial charge in [-0.1, -0.05) is 18.2 Å². The lowest BCUT2D eigenvalue weighted by molar-refractivity contribution is 0.0335. The molecule has 5 nitrogen and oxygen atoms in total. The van der Waals surface area contributed by atoms with E-state index in [4.69, 9.17) is 9.72 Å². The minimum Gasteiger partial charge on any atom is -0.379 e. The summed E-state index contributed by atoms with van der Waals surface area (Å²) in [5, 5.41) is 0. The molecule has 3 heterocycles. The van der Waals surface area contributed by atoms with Crippen LogP contribution in [-0.2, 0) is 11.3 Å². The average molecular weight is 324 g/mol. The standard InChI is InChI=1S/C19H24N4O/c1-2-5-17(6-3-1)23-8-4-7-19(23)18-14-20-13-16(21-18)15-22-9-11-24-12-10-22/h1-3,5-6,13-14,19H,4,7-12,15H2/t19-/m1/s1. The average Bonchev–Trinajstić information content (AvgIpc) is 3.13. The van der Waals surface area contributed by atoms with Crippen LogP contribution in [0.2, 0.25) is 0 Å². The molecule has 0 N–H and O–H groups in total. The zero-order valence-corrected chi connectivity index (χ0v) is 14.0. The monoisotopic (exact) mass is 324 g/mol. The van der Waals surface area contributed by atoms with Gasteiger partial charge in [0, 0.05) is 38.1 Å². The van der Waals surface area contributed by atoms with E-state index in [2.05, 4.69) is 45.1 Å². The second-order valence-electron chi connectivity index (χ2n) is 6.51. The zero-order valence-electron chi connectivity index (χ0n) is 14.0. The van der Waals surface area contributed by atoms with Crippen molar-refractivity contribution in [2.75, 3.05) is 37.7 Å². The van der Waals surface area contributed by atoms with Crippen molar-refractivity contribution in [3.05, 3.63) is 54.1 Å². The molecular formula is C19H24N4O. The smallest absolute Gasteiger partial charge is 0.0815 e. The maximum Gasteiger partial charge on any atom is 0.0815 e. The lowest BCUT2D eigenvalue weighted by atomic mass is 10.1. The van der Waals surface area contributed by atoms with Gasteiger partial charge in [-0.3, -0.25) is 14.9 Å². The highest BCUT2D eigenvalue weighted by Crippen LogP contribution is 2.34. The fraction of sp³-hybridized carbons (Fsp3) is 0.474. The number of anilines is 1. The quantitative estimate of drug-likeness (QED) is 0.865. The van der Waals surface area contributed by atoms with Gasteiger partial charge in [0.05, 0.1) is 36.8 Å². The van der Waals surface area contributed by atoms with Crippen molar-refractivity contribution < 1.29 is 4.74 Å². The summed E-state index contributed by atoms with van der Waals surface area (Å²) in [6.07, 6.45) is 6.19. The Kier molecular flexibility index (Phi) is 4.71. The summed E-state index contributed by atoms with van der Waals surface area (Å²) in [4.78, 5) is 14.3. The highest BCUT2D eigenvalue weighted by atomic mass is 16.5. The fourth-order valence-electron chi connectivity index (χ4n) is 3.65. The summed E-state index contributed by atoms with van der Waals surface area (Å²) in [7, 11) is 0. The third-order valence-electron chi connectivity index (χ3n) is 4.87. The molecule has 4 rings (SSSR count). The van der Waals surface area contributed by atoms with Crippen LogP contribution in [0.3, 0.4) is 0 Å². The van der Waals surface area contributed by atoms with Crippen LogP contribution >= 0.6 is 0 Å². The zero-order chi connectivity index (χ0) is 16.2. The predicted octanol–water partition coefficient (Wildman–Crippen LogP) is 2.65. The highest BCUT2D eigenvalue weighted by Gasteiger charge is 2.27. The van der Waals surface area contributed by atoms with Crippen molar-refractivity contribution in [3.8, 4) is 0 Å². The lowest BCUT2D eigenvalue weighted by Gasteiger charge is -2.28. The van der Waals surface area contributed by atoms with Gasteiger partial charge in [0.1, 0.15) is 0 Å². The van der Waals surface area contributed by atoms with Crippen molar-refractivity contribution in [1.82, 2.24) is 14.9 Å². The Hall–Kier alpha value is -1.98. The molecule has 1 atom stereocenters. The SMILES string of the molecule is c1ccc(N2CCC[C@@H]2c2cncc(CN3CCOCC3)n2)cc1. The first kappa shape index (κ1) is 15.5. The van der Waals surface area contributed by atoms with Gasteiger partial charge < -0.3 is 9.64 Å². The van der Waals surface area contributed by atoms with Crippen LogP contribution in [0.25, 0.3) is 0 Å². The van der Waals surface area contributed by atoms with E-state index in [-0.39, 0.29) is 0 Å². The molecule has 0 amide bonds. The molecule has 2 aliphatic rings. The lowest BCUT2D eigenvalue weighted by Crippen LogP contribution is -2.36. The number of nitrogens with zero attached hydrogens (tertiary/aromatic N) is 4. The van der Waals surface area contributed by atoms with Gasteiger partial charge >= 0.3 is 0 Å². The van der Waals surface area contributed by atoms with Crippen LogP contribution in [0, 0.1) is 0 Å². The largest absolute Gasteiger partial charge is 0.379 e. The van der Waals surface area contributed by atoms with E-state index in [9.17, 15) is 0 Å². The Morgan fingerprint density at radius 2 is 1.88 bits per heavy atom. The second-order valence-corrected chi connectivity index (χ2v) is 6.51. The van der Waals surface area contributed by atoms with Crippen molar-refractivity contribution >= 4 is 5.69 Å². The van der Waals surface area contributed by atoms with E-state index in [0.29, 0.717) is 6.04 Å². The second kappa shape index (κ2) is 7.28. The van der Waals surface area contributed by atoms with Crippen molar-refractivity contribution in [2.45, 2.75) is 25.4 Å². The van der Waals surface area contributed by atoms with E-state index in [1.54, 1.807) is 0 Å². The van der Waals surface area contributed by atoms with E-state index in [1.807, 2.05) is 12.4 Å². The first-order valence-electron chi connectivity index (χ1n) is 8.83. The van der Waals surface area contributed by atoms with E-state index >= 15 is 0 Å². The van der Waals surface area contributed by atoms with Crippen molar-refractivity contribution in [2.24, 2.45) is 0 Å². The molecular weight excluding hydrogens is 300 g/mol. The van der Waals surface area contributed by atoms with Gasteiger partial charge in [-0.25, -0.2) is 0 Å². The molecule has 2 fully saturated rings. The van der Waals surface area contributed by atoms with Gasteiger partial charge in [-0.2, -0.15) is 0 Å². The van der Waals surface area contributed by atoms with Gasteiger partial charge in [-0.05, 0) is 25.0 Å². The molecule has 24 heavy (non-hydrogen) atoms. The van der Waals surface area contributed by atoms with E-state index in [1.165, 1.54) is 12.1 Å². The molecule has 5 heteroatoms. The Balaban J connectivity index is 1.52. The Labute approximate surface area is 143 Å². The normalized spacial score (nSPS) is 22.0. The molecule has 0 spiro atoms. The molecule has 1 aromatic carbocycles. The third-order valence-corrected chi connectivity index (χ3v) is 4.87. The molecule has 0 saturated carbocycles. The number of morpholine rings is 1. The summed E-state index contributed by atoms with van der Waals surface area (Å²) in [5.41, 5.74) is 3.44. The topological polar surface area (TPSA) is 41.5 Å². The van der Waals surface area contributed by atoms with Crippen LogP contribution in [0.5, 0.6) is 0 Å². The number of ether oxygens (including phenoxy) is 1. The van der Waals surface area contributed by atoms with E-state index < -0.39 is 0 Å². The number of para-hydroxylation sites is 1. The summed E-state index contributed by atoms with van der Waals surface area (Å²) in [6.45, 7) is 5.54. The molecule has 0 radical (unpaired) electrons. The number of rotatable bonds is 4. The molecule has 126 valence electrons. The highest BCUT2D eigenvalue weighted by molar-refractivity contribution is 5.49. The fourth-order valence-corrected chi connectivity index (χ4v) is 3.65. The molecule has 2 aliphatic heterocycles. The number of aromatic nitrogens is 2. The molecule has 1 aromatic heterocycles. The Morgan fingerprint density at radius 3 is 2.71 bits per heavy atom.